The molecule has 102 valence electrons. The van der Waals surface area contributed by atoms with Crippen LogP contribution < -0.4 is 5.32 Å². The molecule has 0 bridgehead atoms. The van der Waals surface area contributed by atoms with E-state index < -0.39 is 16.0 Å². The third-order valence-electron chi connectivity index (χ3n) is 2.33. The minimum Gasteiger partial charge on any atom is -0.481 e. The number of sulfonamides is 1. The first kappa shape index (κ1) is 16.3. The van der Waals surface area contributed by atoms with Crippen molar-refractivity contribution in [3.63, 3.8) is 0 Å². The Hall–Kier alpha value is -0.660. The second-order valence-electron chi connectivity index (χ2n) is 3.86. The number of nitrogens with one attached hydrogen (secondary N) is 1. The molecule has 0 amide bonds. The van der Waals surface area contributed by atoms with Crippen molar-refractivity contribution in [2.24, 2.45) is 0 Å². The number of rotatable bonds is 10. The Bertz CT molecular complexity index is 316. The van der Waals surface area contributed by atoms with Crippen LogP contribution in [0.3, 0.4) is 0 Å². The van der Waals surface area contributed by atoms with Gasteiger partial charge in [-0.2, -0.15) is 0 Å². The third-order valence-corrected chi connectivity index (χ3v) is 3.71. The Morgan fingerprint density at radius 2 is 1.88 bits per heavy atom. The maximum absolute atomic E-state index is 11.2. The van der Waals surface area contributed by atoms with Crippen molar-refractivity contribution in [3.8, 4) is 0 Å². The highest BCUT2D eigenvalue weighted by Gasteiger charge is 2.12. The number of carbonyl (C=O) groups is 1. The minimum atomic E-state index is -3.10. The molecule has 0 unspecified atom stereocenters. The van der Waals surface area contributed by atoms with Gasteiger partial charge >= 0.3 is 5.97 Å². The van der Waals surface area contributed by atoms with Gasteiger partial charge in [-0.3, -0.25) is 4.79 Å². The summed E-state index contributed by atoms with van der Waals surface area (Å²) in [7, 11) is -3.10. The lowest BCUT2D eigenvalue weighted by Gasteiger charge is -2.17. The summed E-state index contributed by atoms with van der Waals surface area (Å²) in [5.74, 6) is -0.791. The van der Waals surface area contributed by atoms with E-state index in [0.29, 0.717) is 32.6 Å². The summed E-state index contributed by atoms with van der Waals surface area (Å²) >= 11 is 0. The van der Waals surface area contributed by atoms with Crippen molar-refractivity contribution in [1.82, 2.24) is 9.62 Å². The lowest BCUT2D eigenvalue weighted by atomic mass is 10.3. The smallest absolute Gasteiger partial charge is 0.303 e. The van der Waals surface area contributed by atoms with Crippen LogP contribution in [0.2, 0.25) is 0 Å². The zero-order valence-electron chi connectivity index (χ0n) is 10.5. The zero-order chi connectivity index (χ0) is 13.3. The average Bonchev–Trinajstić information content (AvgIpc) is 2.19. The molecule has 0 atom stereocenters. The molecule has 0 fully saturated rings. The lowest BCUT2D eigenvalue weighted by molar-refractivity contribution is -0.137. The fraction of sp³-hybridized carbons (Fsp3) is 0.900. The Balaban J connectivity index is 3.54. The quantitative estimate of drug-likeness (QED) is 0.548. The molecule has 0 saturated carbocycles. The molecule has 0 rings (SSSR count). The third kappa shape index (κ3) is 9.08. The topological polar surface area (TPSA) is 86.7 Å². The number of hydrogen-bond acceptors (Lipinski definition) is 4. The first-order chi connectivity index (χ1) is 7.88. The van der Waals surface area contributed by atoms with Crippen LogP contribution in [0.5, 0.6) is 0 Å². The molecule has 0 aliphatic rings. The van der Waals surface area contributed by atoms with Gasteiger partial charge in [-0.1, -0.05) is 6.92 Å². The van der Waals surface area contributed by atoms with Crippen LogP contribution in [0.25, 0.3) is 0 Å². The maximum atomic E-state index is 11.2. The van der Waals surface area contributed by atoms with Crippen molar-refractivity contribution in [1.29, 1.82) is 0 Å². The minimum absolute atomic E-state index is 0.164. The summed E-state index contributed by atoms with van der Waals surface area (Å²) in [6, 6.07) is 0. The Morgan fingerprint density at radius 3 is 2.35 bits per heavy atom. The van der Waals surface area contributed by atoms with Gasteiger partial charge in [-0.25, -0.2) is 12.7 Å². The normalized spacial score (nSPS) is 11.9. The van der Waals surface area contributed by atoms with Crippen LogP contribution in [-0.2, 0) is 14.8 Å². The standard InChI is InChI=1S/C10H22N2O4S/c1-3-12(17(2,15)16)9-5-8-11-7-4-6-10(13)14/h11H,3-9H2,1-2H3,(H,13,14). The summed E-state index contributed by atoms with van der Waals surface area (Å²) < 4.78 is 23.9. The Labute approximate surface area is 103 Å². The van der Waals surface area contributed by atoms with E-state index in [0.717, 1.165) is 6.42 Å². The summed E-state index contributed by atoms with van der Waals surface area (Å²) in [6.45, 7) is 4.14. The van der Waals surface area contributed by atoms with Crippen molar-refractivity contribution in [2.45, 2.75) is 26.2 Å². The molecule has 0 saturated heterocycles. The van der Waals surface area contributed by atoms with E-state index in [2.05, 4.69) is 5.32 Å². The van der Waals surface area contributed by atoms with Gasteiger partial charge in [-0.05, 0) is 25.9 Å². The van der Waals surface area contributed by atoms with E-state index in [1.807, 2.05) is 0 Å². The predicted octanol–water partition coefficient (Wildman–Crippen LogP) is 0.112. The first-order valence-electron chi connectivity index (χ1n) is 5.75. The van der Waals surface area contributed by atoms with Crippen LogP contribution in [0, 0.1) is 0 Å². The highest BCUT2D eigenvalue weighted by atomic mass is 32.2. The average molecular weight is 266 g/mol. The molecule has 0 aliphatic carbocycles. The monoisotopic (exact) mass is 266 g/mol. The SMILES string of the molecule is CCN(CCCNCCCC(=O)O)S(C)(=O)=O. The van der Waals surface area contributed by atoms with Gasteiger partial charge in [0.05, 0.1) is 6.26 Å². The van der Waals surface area contributed by atoms with Crippen LogP contribution in [0.15, 0.2) is 0 Å². The number of hydrogen-bond donors (Lipinski definition) is 2. The number of nitrogens with zero attached hydrogens (tertiary/aromatic N) is 1. The highest BCUT2D eigenvalue weighted by Crippen LogP contribution is 1.98. The molecule has 0 spiro atoms. The van der Waals surface area contributed by atoms with Gasteiger partial charge in [0.2, 0.25) is 10.0 Å². The van der Waals surface area contributed by atoms with Crippen molar-refractivity contribution < 1.29 is 18.3 Å². The van der Waals surface area contributed by atoms with E-state index in [4.69, 9.17) is 5.11 Å². The molecule has 0 aromatic heterocycles. The number of carboxylic acid groups (broad SMARTS) is 1. The number of carboxylic acids is 1. The molecule has 0 aromatic rings. The van der Waals surface area contributed by atoms with Gasteiger partial charge in [-0.15, -0.1) is 0 Å². The van der Waals surface area contributed by atoms with Crippen LogP contribution in [0.4, 0.5) is 0 Å². The van der Waals surface area contributed by atoms with Gasteiger partial charge in [0.15, 0.2) is 0 Å². The van der Waals surface area contributed by atoms with Gasteiger partial charge in [0, 0.05) is 19.5 Å². The summed E-state index contributed by atoms with van der Waals surface area (Å²) in [6.07, 6.45) is 2.70. The molecule has 0 heterocycles. The van der Waals surface area contributed by atoms with Crippen molar-refractivity contribution in [3.05, 3.63) is 0 Å². The molecule has 2 N–H and O–H groups in total. The van der Waals surface area contributed by atoms with Crippen molar-refractivity contribution >= 4 is 16.0 Å². The zero-order valence-corrected chi connectivity index (χ0v) is 11.3. The van der Waals surface area contributed by atoms with Gasteiger partial charge in [0.1, 0.15) is 0 Å². The Morgan fingerprint density at radius 1 is 1.29 bits per heavy atom. The summed E-state index contributed by atoms with van der Waals surface area (Å²) in [5, 5.41) is 11.5. The molecule has 17 heavy (non-hydrogen) atoms. The van der Waals surface area contributed by atoms with Crippen LogP contribution in [0.1, 0.15) is 26.2 Å². The Kier molecular flexibility index (Phi) is 8.11. The molecule has 6 nitrogen and oxygen atoms in total. The molecule has 0 aromatic carbocycles. The molecular formula is C10H22N2O4S. The van der Waals surface area contributed by atoms with E-state index in [9.17, 15) is 13.2 Å². The molecule has 7 heteroatoms. The molecule has 0 radical (unpaired) electrons. The first-order valence-corrected chi connectivity index (χ1v) is 7.60. The highest BCUT2D eigenvalue weighted by molar-refractivity contribution is 7.88. The number of aliphatic carboxylic acids is 1. The molecular weight excluding hydrogens is 244 g/mol. The maximum Gasteiger partial charge on any atom is 0.303 e. The van der Waals surface area contributed by atoms with Crippen molar-refractivity contribution in [2.75, 3.05) is 32.4 Å². The lowest BCUT2D eigenvalue weighted by Crippen LogP contribution is -2.32. The van der Waals surface area contributed by atoms with Gasteiger partial charge in [0.25, 0.3) is 0 Å². The van der Waals surface area contributed by atoms with E-state index in [1.165, 1.54) is 10.6 Å². The fourth-order valence-electron chi connectivity index (χ4n) is 1.43. The van der Waals surface area contributed by atoms with Crippen LogP contribution >= 0.6 is 0 Å². The van der Waals surface area contributed by atoms with E-state index in [-0.39, 0.29) is 6.42 Å². The summed E-state index contributed by atoms with van der Waals surface area (Å²) in [5.41, 5.74) is 0. The molecule has 0 aliphatic heterocycles. The summed E-state index contributed by atoms with van der Waals surface area (Å²) in [4.78, 5) is 10.2. The van der Waals surface area contributed by atoms with E-state index >= 15 is 0 Å². The van der Waals surface area contributed by atoms with Crippen LogP contribution in [-0.4, -0.2) is 56.2 Å². The largest absolute Gasteiger partial charge is 0.481 e. The fourth-order valence-corrected chi connectivity index (χ4v) is 2.36. The van der Waals surface area contributed by atoms with Gasteiger partial charge < -0.3 is 10.4 Å². The predicted molar refractivity (Wildman–Crippen MR) is 66.4 cm³/mol. The second-order valence-corrected chi connectivity index (χ2v) is 5.84. The second kappa shape index (κ2) is 8.43. The van der Waals surface area contributed by atoms with E-state index in [1.54, 1.807) is 6.92 Å².